The SMILES string of the molecule is C=C(C)Cn1ccc2c1CC(C)(C)CC2=O. The maximum atomic E-state index is 12.0. The van der Waals surface area contributed by atoms with Crippen molar-refractivity contribution in [3.63, 3.8) is 0 Å². The van der Waals surface area contributed by atoms with Crippen LogP contribution in [0, 0.1) is 5.41 Å². The molecule has 0 aromatic carbocycles. The van der Waals surface area contributed by atoms with E-state index in [9.17, 15) is 4.79 Å². The predicted octanol–water partition coefficient (Wildman–Crippen LogP) is 3.22. The molecule has 0 unspecified atom stereocenters. The van der Waals surface area contributed by atoms with Crippen molar-refractivity contribution in [1.29, 1.82) is 0 Å². The van der Waals surface area contributed by atoms with E-state index in [2.05, 4.69) is 25.0 Å². The highest BCUT2D eigenvalue weighted by atomic mass is 16.1. The molecular weight excluding hydrogens is 198 g/mol. The van der Waals surface area contributed by atoms with E-state index in [-0.39, 0.29) is 11.2 Å². The molecule has 0 radical (unpaired) electrons. The number of carbonyl (C=O) groups is 1. The third-order valence-electron chi connectivity index (χ3n) is 3.10. The van der Waals surface area contributed by atoms with E-state index in [1.54, 1.807) is 0 Å². The van der Waals surface area contributed by atoms with Crippen LogP contribution >= 0.6 is 0 Å². The number of hydrogen-bond acceptors (Lipinski definition) is 1. The summed E-state index contributed by atoms with van der Waals surface area (Å²) in [4.78, 5) is 12.0. The molecular formula is C14H19NO. The van der Waals surface area contributed by atoms with Crippen LogP contribution in [0.1, 0.15) is 43.2 Å². The monoisotopic (exact) mass is 217 g/mol. The van der Waals surface area contributed by atoms with Crippen molar-refractivity contribution < 1.29 is 4.79 Å². The van der Waals surface area contributed by atoms with Crippen molar-refractivity contribution in [3.05, 3.63) is 35.7 Å². The zero-order valence-corrected chi connectivity index (χ0v) is 10.3. The maximum Gasteiger partial charge on any atom is 0.165 e. The maximum absolute atomic E-state index is 12.0. The Morgan fingerprint density at radius 1 is 1.50 bits per heavy atom. The lowest BCUT2D eigenvalue weighted by Crippen LogP contribution is -2.28. The van der Waals surface area contributed by atoms with E-state index in [0.717, 1.165) is 24.1 Å². The van der Waals surface area contributed by atoms with Crippen LogP contribution in [0.4, 0.5) is 0 Å². The summed E-state index contributed by atoms with van der Waals surface area (Å²) in [5, 5.41) is 0. The molecule has 0 amide bonds. The molecule has 1 aliphatic carbocycles. The van der Waals surface area contributed by atoms with Gasteiger partial charge in [-0.25, -0.2) is 0 Å². The van der Waals surface area contributed by atoms with Crippen LogP contribution in [0.5, 0.6) is 0 Å². The van der Waals surface area contributed by atoms with Gasteiger partial charge in [0, 0.05) is 30.4 Å². The van der Waals surface area contributed by atoms with Crippen molar-refractivity contribution in [2.24, 2.45) is 5.41 Å². The first kappa shape index (κ1) is 11.2. The van der Waals surface area contributed by atoms with Gasteiger partial charge in [0.25, 0.3) is 0 Å². The lowest BCUT2D eigenvalue weighted by atomic mass is 9.76. The quantitative estimate of drug-likeness (QED) is 0.697. The summed E-state index contributed by atoms with van der Waals surface area (Å²) >= 11 is 0. The van der Waals surface area contributed by atoms with E-state index in [4.69, 9.17) is 0 Å². The highest BCUT2D eigenvalue weighted by Crippen LogP contribution is 2.35. The summed E-state index contributed by atoms with van der Waals surface area (Å²) in [6.45, 7) is 11.1. The third-order valence-corrected chi connectivity index (χ3v) is 3.10. The molecule has 0 aliphatic heterocycles. The fourth-order valence-corrected chi connectivity index (χ4v) is 2.44. The number of aromatic nitrogens is 1. The minimum atomic E-state index is 0.0925. The Morgan fingerprint density at radius 2 is 2.19 bits per heavy atom. The second-order valence-electron chi connectivity index (χ2n) is 5.70. The van der Waals surface area contributed by atoms with Crippen LogP contribution in [0.15, 0.2) is 24.4 Å². The zero-order chi connectivity index (χ0) is 11.9. The first-order valence-corrected chi connectivity index (χ1v) is 5.75. The molecule has 0 saturated carbocycles. The second kappa shape index (κ2) is 3.62. The molecule has 0 N–H and O–H groups in total. The topological polar surface area (TPSA) is 22.0 Å². The Kier molecular flexibility index (Phi) is 2.53. The van der Waals surface area contributed by atoms with Gasteiger partial charge < -0.3 is 4.57 Å². The van der Waals surface area contributed by atoms with Crippen molar-refractivity contribution in [2.45, 2.75) is 40.2 Å². The molecule has 1 aliphatic rings. The highest BCUT2D eigenvalue weighted by Gasteiger charge is 2.32. The lowest BCUT2D eigenvalue weighted by molar-refractivity contribution is 0.0910. The van der Waals surface area contributed by atoms with Gasteiger partial charge in [-0.3, -0.25) is 4.79 Å². The number of ketones is 1. The highest BCUT2D eigenvalue weighted by molar-refractivity contribution is 5.98. The molecule has 2 rings (SSSR count). The number of rotatable bonds is 2. The number of fused-ring (bicyclic) bond motifs is 1. The summed E-state index contributed by atoms with van der Waals surface area (Å²) in [5.74, 6) is 0.284. The van der Waals surface area contributed by atoms with Gasteiger partial charge in [0.15, 0.2) is 5.78 Å². The van der Waals surface area contributed by atoms with E-state index in [1.807, 2.05) is 19.2 Å². The van der Waals surface area contributed by atoms with Gasteiger partial charge in [-0.1, -0.05) is 26.0 Å². The van der Waals surface area contributed by atoms with Gasteiger partial charge in [0.1, 0.15) is 0 Å². The van der Waals surface area contributed by atoms with Crippen molar-refractivity contribution in [2.75, 3.05) is 0 Å². The van der Waals surface area contributed by atoms with Gasteiger partial charge in [0.2, 0.25) is 0 Å². The molecule has 1 heterocycles. The molecule has 0 saturated heterocycles. The molecule has 86 valence electrons. The minimum Gasteiger partial charge on any atom is -0.347 e. The van der Waals surface area contributed by atoms with Crippen LogP contribution in [0.25, 0.3) is 0 Å². The molecule has 0 fully saturated rings. The summed E-state index contributed by atoms with van der Waals surface area (Å²) in [6.07, 6.45) is 3.66. The standard InChI is InChI=1S/C14H19NO/c1-10(2)9-15-6-5-11-12(15)7-14(3,4)8-13(11)16/h5-6H,1,7-9H2,2-4H3. The average molecular weight is 217 g/mol. The lowest BCUT2D eigenvalue weighted by Gasteiger charge is -2.29. The first-order chi connectivity index (χ1) is 7.39. The number of Topliss-reactive ketones (excluding diaryl/α,β-unsaturated/α-hetero) is 1. The van der Waals surface area contributed by atoms with Crippen LogP contribution in [0.2, 0.25) is 0 Å². The van der Waals surface area contributed by atoms with Crippen molar-refractivity contribution in [1.82, 2.24) is 4.57 Å². The minimum absolute atomic E-state index is 0.0925. The van der Waals surface area contributed by atoms with Crippen LogP contribution in [-0.4, -0.2) is 10.4 Å². The summed E-state index contributed by atoms with van der Waals surface area (Å²) in [6, 6.07) is 1.95. The number of nitrogens with zero attached hydrogens (tertiary/aromatic N) is 1. The van der Waals surface area contributed by atoms with E-state index >= 15 is 0 Å². The Bertz CT molecular complexity index is 451. The molecule has 0 atom stereocenters. The fourth-order valence-electron chi connectivity index (χ4n) is 2.44. The second-order valence-corrected chi connectivity index (χ2v) is 5.70. The summed E-state index contributed by atoms with van der Waals surface area (Å²) < 4.78 is 2.16. The number of carbonyl (C=O) groups excluding carboxylic acids is 1. The zero-order valence-electron chi connectivity index (χ0n) is 10.3. The number of hydrogen-bond donors (Lipinski definition) is 0. The first-order valence-electron chi connectivity index (χ1n) is 5.75. The van der Waals surface area contributed by atoms with Crippen LogP contribution in [-0.2, 0) is 13.0 Å². The molecule has 1 aromatic rings. The Balaban J connectivity index is 2.41. The molecule has 2 heteroatoms. The largest absolute Gasteiger partial charge is 0.347 e. The molecule has 0 spiro atoms. The van der Waals surface area contributed by atoms with E-state index < -0.39 is 0 Å². The Labute approximate surface area is 97.0 Å². The normalized spacial score (nSPS) is 18.3. The van der Waals surface area contributed by atoms with Crippen LogP contribution < -0.4 is 0 Å². The van der Waals surface area contributed by atoms with Gasteiger partial charge in [-0.2, -0.15) is 0 Å². The molecule has 0 bridgehead atoms. The van der Waals surface area contributed by atoms with Gasteiger partial charge in [0.05, 0.1) is 0 Å². The molecule has 16 heavy (non-hydrogen) atoms. The van der Waals surface area contributed by atoms with Gasteiger partial charge in [-0.05, 0) is 24.8 Å². The van der Waals surface area contributed by atoms with Crippen molar-refractivity contribution in [3.8, 4) is 0 Å². The smallest absolute Gasteiger partial charge is 0.165 e. The fraction of sp³-hybridized carbons (Fsp3) is 0.500. The molecule has 2 nitrogen and oxygen atoms in total. The Morgan fingerprint density at radius 3 is 2.81 bits per heavy atom. The van der Waals surface area contributed by atoms with Gasteiger partial charge >= 0.3 is 0 Å². The summed E-state index contributed by atoms with van der Waals surface area (Å²) in [7, 11) is 0. The number of allylic oxidation sites excluding steroid dienone is 1. The Hall–Kier alpha value is -1.31. The van der Waals surface area contributed by atoms with Crippen LogP contribution in [0.3, 0.4) is 0 Å². The summed E-state index contributed by atoms with van der Waals surface area (Å²) in [5.41, 5.74) is 3.31. The molecule has 1 aromatic heterocycles. The predicted molar refractivity (Wildman–Crippen MR) is 65.7 cm³/mol. The van der Waals surface area contributed by atoms with Gasteiger partial charge in [-0.15, -0.1) is 0 Å². The third kappa shape index (κ3) is 1.97. The average Bonchev–Trinajstić information content (AvgIpc) is 2.45. The van der Waals surface area contributed by atoms with E-state index in [1.165, 1.54) is 5.69 Å². The van der Waals surface area contributed by atoms with E-state index in [0.29, 0.717) is 6.42 Å². The van der Waals surface area contributed by atoms with Crippen molar-refractivity contribution >= 4 is 5.78 Å².